The van der Waals surface area contributed by atoms with Crippen LogP contribution in [0.5, 0.6) is 0 Å². The minimum Gasteiger partial charge on any atom is -0.147 e. The van der Waals surface area contributed by atoms with E-state index < -0.39 is 0 Å². The molecule has 1 atom stereocenters. The average molecular weight is 257 g/mol. The predicted molar refractivity (Wildman–Crippen MR) is 63.0 cm³/mol. The fourth-order valence-electron chi connectivity index (χ4n) is 1.31. The quantitative estimate of drug-likeness (QED) is 0.709. The Morgan fingerprint density at radius 3 is 2.69 bits per heavy atom. The van der Waals surface area contributed by atoms with Gasteiger partial charge in [0.2, 0.25) is 0 Å². The highest BCUT2D eigenvalue weighted by molar-refractivity contribution is 9.10. The van der Waals surface area contributed by atoms with Gasteiger partial charge in [-0.05, 0) is 27.9 Å². The van der Waals surface area contributed by atoms with Crippen molar-refractivity contribution < 1.29 is 0 Å². The van der Waals surface area contributed by atoms with Crippen LogP contribution in [0.15, 0.2) is 15.9 Å². The summed E-state index contributed by atoms with van der Waals surface area (Å²) < 4.78 is 1.16. The van der Waals surface area contributed by atoms with Crippen LogP contribution in [0.1, 0.15) is 31.1 Å². The fraction of sp³-hybridized carbons (Fsp3) is 0.455. The van der Waals surface area contributed by atoms with Crippen molar-refractivity contribution in [1.29, 1.82) is 0 Å². The van der Waals surface area contributed by atoms with Crippen molar-refractivity contribution in [2.45, 2.75) is 26.2 Å². The van der Waals surface area contributed by atoms with Crippen molar-refractivity contribution in [2.24, 2.45) is 5.92 Å². The van der Waals surface area contributed by atoms with Crippen LogP contribution in [0, 0.1) is 18.3 Å². The molecule has 0 nitrogen and oxygen atoms in total. The molecule has 1 unspecified atom stereocenters. The smallest absolute Gasteiger partial charge is 0.0285 e. The van der Waals surface area contributed by atoms with Crippen LogP contribution in [0.3, 0.4) is 0 Å². The highest BCUT2D eigenvalue weighted by Gasteiger charge is 2.16. The van der Waals surface area contributed by atoms with Gasteiger partial charge in [-0.2, -0.15) is 0 Å². The molecule has 1 aromatic rings. The van der Waals surface area contributed by atoms with Crippen LogP contribution >= 0.6 is 27.3 Å². The highest BCUT2D eigenvalue weighted by atomic mass is 79.9. The maximum absolute atomic E-state index is 5.35. The zero-order valence-corrected chi connectivity index (χ0v) is 10.3. The number of halogens is 1. The van der Waals surface area contributed by atoms with Crippen LogP contribution in [0.25, 0.3) is 0 Å². The fourth-order valence-corrected chi connectivity index (χ4v) is 3.04. The van der Waals surface area contributed by atoms with Gasteiger partial charge in [0.1, 0.15) is 0 Å². The molecule has 13 heavy (non-hydrogen) atoms. The van der Waals surface area contributed by atoms with Gasteiger partial charge in [0.05, 0.1) is 0 Å². The summed E-state index contributed by atoms with van der Waals surface area (Å²) in [6.45, 7) is 4.44. The zero-order chi connectivity index (χ0) is 9.84. The van der Waals surface area contributed by atoms with E-state index in [1.54, 1.807) is 11.3 Å². The molecule has 0 fully saturated rings. The second kappa shape index (κ2) is 4.83. The molecule has 0 amide bonds. The summed E-state index contributed by atoms with van der Waals surface area (Å²) in [6.07, 6.45) is 6.19. The van der Waals surface area contributed by atoms with Gasteiger partial charge in [0.25, 0.3) is 0 Å². The number of hydrogen-bond donors (Lipinski definition) is 0. The average Bonchev–Trinajstić information content (AvgIpc) is 2.46. The summed E-state index contributed by atoms with van der Waals surface area (Å²) in [5, 5.41) is 2.11. The molecule has 0 N–H and O–H groups in total. The Bertz CT molecular complexity index is 306. The van der Waals surface area contributed by atoms with Gasteiger partial charge < -0.3 is 0 Å². The van der Waals surface area contributed by atoms with Crippen LogP contribution in [0.4, 0.5) is 0 Å². The summed E-state index contributed by atoms with van der Waals surface area (Å²) in [5.74, 6) is 3.88. The molecular formula is C11H13BrS. The molecule has 0 saturated carbocycles. The standard InChI is InChI=1S/C11H13BrS/c1-4-5-10(8(2)3)11-6-9(12)7-13-11/h1,6-8,10H,5H2,2-3H3. The minimum atomic E-state index is 0.515. The van der Waals surface area contributed by atoms with Crippen LogP contribution in [0.2, 0.25) is 0 Å². The molecule has 0 radical (unpaired) electrons. The Morgan fingerprint density at radius 2 is 2.31 bits per heavy atom. The Labute approximate surface area is 92.5 Å². The molecule has 2 heteroatoms. The maximum atomic E-state index is 5.35. The van der Waals surface area contributed by atoms with E-state index in [4.69, 9.17) is 6.42 Å². The second-order valence-electron chi connectivity index (χ2n) is 3.43. The Morgan fingerprint density at radius 1 is 1.62 bits per heavy atom. The number of rotatable bonds is 3. The lowest BCUT2D eigenvalue weighted by atomic mass is 9.91. The summed E-state index contributed by atoms with van der Waals surface area (Å²) in [7, 11) is 0. The predicted octanol–water partition coefficient (Wildman–Crippen LogP) is 4.27. The summed E-state index contributed by atoms with van der Waals surface area (Å²) in [5.41, 5.74) is 0. The molecule has 0 aromatic carbocycles. The first-order valence-corrected chi connectivity index (χ1v) is 5.99. The molecule has 0 spiro atoms. The van der Waals surface area contributed by atoms with Crippen molar-refractivity contribution in [3.63, 3.8) is 0 Å². The summed E-state index contributed by atoms with van der Waals surface area (Å²) >= 11 is 5.24. The zero-order valence-electron chi connectivity index (χ0n) is 7.88. The van der Waals surface area contributed by atoms with E-state index in [9.17, 15) is 0 Å². The van der Waals surface area contributed by atoms with Gasteiger partial charge in [0.15, 0.2) is 0 Å². The SMILES string of the molecule is C#CCC(c1cc(Br)cs1)C(C)C. The molecule has 1 heterocycles. The Balaban J connectivity index is 2.83. The van der Waals surface area contributed by atoms with E-state index >= 15 is 0 Å². The molecule has 0 bridgehead atoms. The Kier molecular flexibility index (Phi) is 4.02. The normalized spacial score (nSPS) is 12.8. The van der Waals surface area contributed by atoms with E-state index in [-0.39, 0.29) is 0 Å². The molecule has 0 aliphatic carbocycles. The van der Waals surface area contributed by atoms with E-state index in [2.05, 4.69) is 47.1 Å². The van der Waals surface area contributed by atoms with E-state index in [1.807, 2.05) is 0 Å². The van der Waals surface area contributed by atoms with Crippen molar-refractivity contribution in [3.05, 3.63) is 20.8 Å². The van der Waals surface area contributed by atoms with Crippen molar-refractivity contribution in [1.82, 2.24) is 0 Å². The topological polar surface area (TPSA) is 0 Å². The molecule has 70 valence electrons. The van der Waals surface area contributed by atoms with Gasteiger partial charge >= 0.3 is 0 Å². The third kappa shape index (κ3) is 2.86. The van der Waals surface area contributed by atoms with Gasteiger partial charge in [-0.1, -0.05) is 13.8 Å². The summed E-state index contributed by atoms with van der Waals surface area (Å²) in [6, 6.07) is 2.17. The van der Waals surface area contributed by atoms with Gasteiger partial charge in [0, 0.05) is 27.1 Å². The van der Waals surface area contributed by atoms with Crippen molar-refractivity contribution in [2.75, 3.05) is 0 Å². The third-order valence-electron chi connectivity index (χ3n) is 2.10. The molecular weight excluding hydrogens is 244 g/mol. The number of hydrogen-bond acceptors (Lipinski definition) is 1. The van der Waals surface area contributed by atoms with Gasteiger partial charge in [-0.25, -0.2) is 0 Å². The summed E-state index contributed by atoms with van der Waals surface area (Å²) in [4.78, 5) is 1.39. The van der Waals surface area contributed by atoms with Crippen LogP contribution in [-0.4, -0.2) is 0 Å². The molecule has 0 saturated heterocycles. The molecule has 1 rings (SSSR count). The molecule has 1 aromatic heterocycles. The number of terminal acetylenes is 1. The highest BCUT2D eigenvalue weighted by Crippen LogP contribution is 2.33. The molecule has 0 aliphatic rings. The van der Waals surface area contributed by atoms with Crippen LogP contribution < -0.4 is 0 Å². The second-order valence-corrected chi connectivity index (χ2v) is 5.28. The van der Waals surface area contributed by atoms with Crippen molar-refractivity contribution >= 4 is 27.3 Å². The Hall–Kier alpha value is -0.260. The lowest BCUT2D eigenvalue weighted by Crippen LogP contribution is -2.03. The first kappa shape index (κ1) is 10.8. The molecule has 0 aliphatic heterocycles. The van der Waals surface area contributed by atoms with E-state index in [0.717, 1.165) is 10.9 Å². The lowest BCUT2D eigenvalue weighted by Gasteiger charge is -2.16. The maximum Gasteiger partial charge on any atom is 0.0285 e. The van der Waals surface area contributed by atoms with E-state index in [0.29, 0.717) is 11.8 Å². The monoisotopic (exact) mass is 256 g/mol. The lowest BCUT2D eigenvalue weighted by molar-refractivity contribution is 0.515. The van der Waals surface area contributed by atoms with E-state index in [1.165, 1.54) is 4.88 Å². The van der Waals surface area contributed by atoms with Crippen molar-refractivity contribution in [3.8, 4) is 12.3 Å². The first-order chi connectivity index (χ1) is 6.15. The largest absolute Gasteiger partial charge is 0.147 e. The first-order valence-electron chi connectivity index (χ1n) is 4.32. The van der Waals surface area contributed by atoms with Gasteiger partial charge in [-0.3, -0.25) is 0 Å². The number of thiophene rings is 1. The van der Waals surface area contributed by atoms with Crippen LogP contribution in [-0.2, 0) is 0 Å². The van der Waals surface area contributed by atoms with Gasteiger partial charge in [-0.15, -0.1) is 23.7 Å². The minimum absolute atomic E-state index is 0.515. The third-order valence-corrected chi connectivity index (χ3v) is 3.92.